The van der Waals surface area contributed by atoms with E-state index in [1.165, 1.54) is 5.39 Å². The van der Waals surface area contributed by atoms with Crippen molar-refractivity contribution in [3.63, 3.8) is 0 Å². The zero-order valence-electron chi connectivity index (χ0n) is 7.50. The molecule has 2 aromatic rings. The first-order valence-electron chi connectivity index (χ1n) is 4.30. The van der Waals surface area contributed by atoms with Gasteiger partial charge in [-0.05, 0) is 17.4 Å². The summed E-state index contributed by atoms with van der Waals surface area (Å²) in [6.45, 7) is 0. The predicted molar refractivity (Wildman–Crippen MR) is 62.4 cm³/mol. The lowest BCUT2D eigenvalue weighted by Crippen LogP contribution is -1.84. The Hall–Kier alpha value is -1.33. The molecular weight excluding hydrogens is 238 g/mol. The number of hydrogen-bond acceptors (Lipinski definition) is 1. The van der Waals surface area contributed by atoms with Gasteiger partial charge in [0, 0.05) is 11.6 Å². The Morgan fingerprint density at radius 3 is 2.93 bits per heavy atom. The molecule has 0 atom stereocenters. The van der Waals surface area contributed by atoms with Gasteiger partial charge in [-0.25, -0.2) is 4.98 Å². The molecule has 0 aliphatic heterocycles. The van der Waals surface area contributed by atoms with Crippen LogP contribution in [0.3, 0.4) is 0 Å². The quantitative estimate of drug-likeness (QED) is 0.514. The summed E-state index contributed by atoms with van der Waals surface area (Å²) in [5.41, 5.74) is 0.850. The van der Waals surface area contributed by atoms with Crippen molar-refractivity contribution >= 4 is 26.7 Å². The zero-order valence-corrected chi connectivity index (χ0v) is 9.08. The Kier molecular flexibility index (Phi) is 2.81. The van der Waals surface area contributed by atoms with Crippen molar-refractivity contribution in [3.05, 3.63) is 42.2 Å². The third-order valence-electron chi connectivity index (χ3n) is 1.95. The van der Waals surface area contributed by atoms with Crippen molar-refractivity contribution in [2.45, 2.75) is 0 Å². The molecule has 0 aliphatic rings. The first kappa shape index (κ1) is 9.23. The van der Waals surface area contributed by atoms with Gasteiger partial charge in [0.05, 0.1) is 5.33 Å². The summed E-state index contributed by atoms with van der Waals surface area (Å²) in [5, 5.41) is 2.97. The minimum absolute atomic E-state index is 0.678. The maximum Gasteiger partial charge on any atom is 0.120 e. The Morgan fingerprint density at radius 1 is 1.21 bits per heavy atom. The first-order valence-corrected chi connectivity index (χ1v) is 5.42. The van der Waals surface area contributed by atoms with E-state index in [1.807, 2.05) is 24.3 Å². The summed E-state index contributed by atoms with van der Waals surface area (Å²) in [4.78, 5) is 4.25. The molecule has 0 amide bonds. The molecule has 0 spiro atoms. The molecule has 1 aromatic heterocycles. The van der Waals surface area contributed by atoms with Crippen LogP contribution in [-0.4, -0.2) is 10.3 Å². The van der Waals surface area contributed by atoms with Crippen LogP contribution >= 0.6 is 15.9 Å². The lowest BCUT2D eigenvalue weighted by Gasteiger charge is -1.97. The van der Waals surface area contributed by atoms with Crippen LogP contribution in [0.25, 0.3) is 10.8 Å². The smallest absolute Gasteiger partial charge is 0.120 e. The molecule has 0 saturated carbocycles. The highest BCUT2D eigenvalue weighted by atomic mass is 79.9. The van der Waals surface area contributed by atoms with Crippen molar-refractivity contribution in [1.82, 2.24) is 4.98 Å². The third kappa shape index (κ3) is 1.78. The zero-order chi connectivity index (χ0) is 9.80. The number of fused-ring (bicyclic) bond motifs is 1. The number of hydrogen-bond donors (Lipinski definition) is 0. The fourth-order valence-electron chi connectivity index (χ4n) is 1.34. The number of rotatable bonds is 0. The molecule has 0 fully saturated rings. The molecule has 0 radical (unpaired) electrons. The molecule has 0 aliphatic carbocycles. The van der Waals surface area contributed by atoms with Crippen LogP contribution < -0.4 is 0 Å². The SMILES string of the molecule is BrCC#Cc1nccc2ccccc12. The second-order valence-electron chi connectivity index (χ2n) is 2.82. The second-order valence-corrected chi connectivity index (χ2v) is 3.38. The van der Waals surface area contributed by atoms with Gasteiger partial charge >= 0.3 is 0 Å². The summed E-state index contributed by atoms with van der Waals surface area (Å²) in [7, 11) is 0. The average molecular weight is 246 g/mol. The largest absolute Gasteiger partial charge is 0.247 e. The highest BCUT2D eigenvalue weighted by molar-refractivity contribution is 9.09. The lowest BCUT2D eigenvalue weighted by molar-refractivity contribution is 1.32. The van der Waals surface area contributed by atoms with Gasteiger partial charge in [-0.2, -0.15) is 0 Å². The number of alkyl halides is 1. The van der Waals surface area contributed by atoms with Crippen molar-refractivity contribution < 1.29 is 0 Å². The van der Waals surface area contributed by atoms with E-state index < -0.39 is 0 Å². The number of halogens is 1. The number of pyridine rings is 1. The number of benzene rings is 1. The number of aromatic nitrogens is 1. The van der Waals surface area contributed by atoms with E-state index in [9.17, 15) is 0 Å². The summed E-state index contributed by atoms with van der Waals surface area (Å²) in [5.74, 6) is 5.99. The van der Waals surface area contributed by atoms with Crippen LogP contribution in [0, 0.1) is 11.8 Å². The molecule has 2 rings (SSSR count). The van der Waals surface area contributed by atoms with E-state index in [2.05, 4.69) is 38.8 Å². The van der Waals surface area contributed by atoms with Crippen LogP contribution in [0.4, 0.5) is 0 Å². The standard InChI is InChI=1S/C12H8BrN/c13-8-3-6-12-11-5-2-1-4-10(11)7-9-14-12/h1-2,4-5,7,9H,8H2. The van der Waals surface area contributed by atoms with Gasteiger partial charge in [-0.3, -0.25) is 0 Å². The van der Waals surface area contributed by atoms with Gasteiger partial charge in [0.2, 0.25) is 0 Å². The van der Waals surface area contributed by atoms with E-state index in [4.69, 9.17) is 0 Å². The average Bonchev–Trinajstić information content (AvgIpc) is 2.26. The molecule has 0 unspecified atom stereocenters. The van der Waals surface area contributed by atoms with Crippen LogP contribution in [-0.2, 0) is 0 Å². The summed E-state index contributed by atoms with van der Waals surface area (Å²) in [6.07, 6.45) is 1.79. The highest BCUT2D eigenvalue weighted by Crippen LogP contribution is 2.14. The minimum Gasteiger partial charge on any atom is -0.247 e. The molecule has 1 heterocycles. The van der Waals surface area contributed by atoms with Gasteiger partial charge in [0.1, 0.15) is 5.69 Å². The minimum atomic E-state index is 0.678. The normalized spacial score (nSPS) is 9.50. The van der Waals surface area contributed by atoms with Crippen LogP contribution in [0.2, 0.25) is 0 Å². The van der Waals surface area contributed by atoms with Gasteiger partial charge in [0.15, 0.2) is 0 Å². The van der Waals surface area contributed by atoms with E-state index in [-0.39, 0.29) is 0 Å². The van der Waals surface area contributed by atoms with E-state index >= 15 is 0 Å². The first-order chi connectivity index (χ1) is 6.92. The predicted octanol–water partition coefficient (Wildman–Crippen LogP) is 2.98. The van der Waals surface area contributed by atoms with Crippen LogP contribution in [0.15, 0.2) is 36.5 Å². The van der Waals surface area contributed by atoms with Crippen LogP contribution in [0.1, 0.15) is 5.69 Å². The van der Waals surface area contributed by atoms with Crippen molar-refractivity contribution in [2.75, 3.05) is 5.33 Å². The Morgan fingerprint density at radius 2 is 2.07 bits per heavy atom. The Balaban J connectivity index is 2.65. The molecule has 0 N–H and O–H groups in total. The molecule has 1 aromatic carbocycles. The summed E-state index contributed by atoms with van der Waals surface area (Å²) >= 11 is 3.27. The lowest BCUT2D eigenvalue weighted by atomic mass is 10.1. The molecule has 0 bridgehead atoms. The second kappa shape index (κ2) is 4.26. The van der Waals surface area contributed by atoms with Gasteiger partial charge in [-0.1, -0.05) is 46.1 Å². The molecule has 0 saturated heterocycles. The third-order valence-corrected chi connectivity index (χ3v) is 2.23. The molecule has 2 heteroatoms. The van der Waals surface area contributed by atoms with Crippen molar-refractivity contribution in [2.24, 2.45) is 0 Å². The summed E-state index contributed by atoms with van der Waals surface area (Å²) in [6, 6.07) is 10.1. The maximum absolute atomic E-state index is 4.25. The maximum atomic E-state index is 4.25. The van der Waals surface area contributed by atoms with Gasteiger partial charge in [0.25, 0.3) is 0 Å². The molecular formula is C12H8BrN. The fourth-order valence-corrected chi connectivity index (χ4v) is 1.48. The van der Waals surface area contributed by atoms with Crippen molar-refractivity contribution in [3.8, 4) is 11.8 Å². The molecule has 14 heavy (non-hydrogen) atoms. The van der Waals surface area contributed by atoms with E-state index in [0.29, 0.717) is 5.33 Å². The summed E-state index contributed by atoms with van der Waals surface area (Å²) < 4.78 is 0. The van der Waals surface area contributed by atoms with E-state index in [1.54, 1.807) is 6.20 Å². The fraction of sp³-hybridized carbons (Fsp3) is 0.0833. The van der Waals surface area contributed by atoms with Gasteiger partial charge < -0.3 is 0 Å². The molecule has 1 nitrogen and oxygen atoms in total. The monoisotopic (exact) mass is 245 g/mol. The van der Waals surface area contributed by atoms with E-state index in [0.717, 1.165) is 11.1 Å². The Labute approximate surface area is 91.3 Å². The topological polar surface area (TPSA) is 12.9 Å². The Bertz CT molecular complexity index is 503. The van der Waals surface area contributed by atoms with Gasteiger partial charge in [-0.15, -0.1) is 0 Å². The van der Waals surface area contributed by atoms with Crippen molar-refractivity contribution in [1.29, 1.82) is 0 Å². The van der Waals surface area contributed by atoms with Crippen LogP contribution in [0.5, 0.6) is 0 Å². The number of nitrogens with zero attached hydrogens (tertiary/aromatic N) is 1. The molecule has 68 valence electrons. The highest BCUT2D eigenvalue weighted by Gasteiger charge is 1.96.